The summed E-state index contributed by atoms with van der Waals surface area (Å²) in [6.07, 6.45) is 0.761. The fourth-order valence-corrected chi connectivity index (χ4v) is 1.25. The minimum atomic E-state index is -0.704. The number of hydrogen-bond acceptors (Lipinski definition) is 3. The van der Waals surface area contributed by atoms with Gasteiger partial charge in [-0.15, -0.1) is 6.58 Å². The van der Waals surface area contributed by atoms with Crippen LogP contribution < -0.4 is 0 Å². The molecule has 0 saturated carbocycles. The fourth-order valence-electron chi connectivity index (χ4n) is 1.25. The molecule has 0 unspecified atom stereocenters. The van der Waals surface area contributed by atoms with E-state index in [9.17, 15) is 9.90 Å². The van der Waals surface area contributed by atoms with Crippen LogP contribution >= 0.6 is 0 Å². The molecule has 0 radical (unpaired) electrons. The summed E-state index contributed by atoms with van der Waals surface area (Å²) in [6, 6.07) is 8.71. The second-order valence-electron chi connectivity index (χ2n) is 3.57. The number of benzene rings is 1. The molecule has 2 atom stereocenters. The number of carbonyl (C=O) groups is 1. The monoisotopic (exact) mass is 220 g/mol. The molecule has 0 aromatic heterocycles. The SMILES string of the molecule is C=CC[C@H](O)[C@H](C)OC(=O)c1ccccc1. The summed E-state index contributed by atoms with van der Waals surface area (Å²) in [5, 5.41) is 9.57. The molecular formula is C13H16O3. The van der Waals surface area contributed by atoms with Crippen molar-refractivity contribution in [1.29, 1.82) is 0 Å². The second kappa shape index (κ2) is 6.08. The van der Waals surface area contributed by atoms with Gasteiger partial charge in [0.15, 0.2) is 0 Å². The Hall–Kier alpha value is -1.61. The zero-order valence-electron chi connectivity index (χ0n) is 9.30. The van der Waals surface area contributed by atoms with Crippen LogP contribution in [0.2, 0.25) is 0 Å². The molecule has 0 aliphatic rings. The fraction of sp³-hybridized carbons (Fsp3) is 0.308. The van der Waals surface area contributed by atoms with Crippen molar-refractivity contribution in [3.05, 3.63) is 48.6 Å². The summed E-state index contributed by atoms with van der Waals surface area (Å²) in [4.78, 5) is 11.6. The van der Waals surface area contributed by atoms with Gasteiger partial charge < -0.3 is 9.84 Å². The summed E-state index contributed by atoms with van der Waals surface area (Å²) < 4.78 is 5.11. The van der Waals surface area contributed by atoms with Crippen molar-refractivity contribution >= 4 is 5.97 Å². The predicted molar refractivity (Wildman–Crippen MR) is 62.1 cm³/mol. The maximum Gasteiger partial charge on any atom is 0.338 e. The highest BCUT2D eigenvalue weighted by Gasteiger charge is 2.17. The number of aliphatic hydroxyl groups is 1. The first-order valence-corrected chi connectivity index (χ1v) is 5.20. The molecule has 0 aliphatic heterocycles. The average Bonchev–Trinajstić information content (AvgIpc) is 2.30. The van der Waals surface area contributed by atoms with Gasteiger partial charge in [0.2, 0.25) is 0 Å². The van der Waals surface area contributed by atoms with E-state index in [4.69, 9.17) is 4.74 Å². The molecule has 0 saturated heterocycles. The summed E-state index contributed by atoms with van der Waals surface area (Å²) in [7, 11) is 0. The van der Waals surface area contributed by atoms with Gasteiger partial charge >= 0.3 is 5.97 Å². The van der Waals surface area contributed by atoms with Gasteiger partial charge in [-0.3, -0.25) is 0 Å². The Balaban J connectivity index is 2.55. The topological polar surface area (TPSA) is 46.5 Å². The van der Waals surface area contributed by atoms with Gasteiger partial charge in [-0.2, -0.15) is 0 Å². The van der Waals surface area contributed by atoms with Gasteiger partial charge in [0.25, 0.3) is 0 Å². The first-order valence-electron chi connectivity index (χ1n) is 5.20. The smallest absolute Gasteiger partial charge is 0.338 e. The molecule has 0 heterocycles. The summed E-state index contributed by atoms with van der Waals surface area (Å²) in [5.41, 5.74) is 0.486. The minimum Gasteiger partial charge on any atom is -0.456 e. The van der Waals surface area contributed by atoms with Crippen LogP contribution in [0.3, 0.4) is 0 Å². The Morgan fingerprint density at radius 3 is 2.69 bits per heavy atom. The number of rotatable bonds is 5. The van der Waals surface area contributed by atoms with Crippen LogP contribution in [0.5, 0.6) is 0 Å². The molecule has 0 amide bonds. The number of carbonyl (C=O) groups excluding carboxylic acids is 1. The second-order valence-corrected chi connectivity index (χ2v) is 3.57. The van der Waals surface area contributed by atoms with Crippen LogP contribution in [0, 0.1) is 0 Å². The van der Waals surface area contributed by atoms with Crippen molar-refractivity contribution in [3.63, 3.8) is 0 Å². The van der Waals surface area contributed by atoms with Gasteiger partial charge in [-0.05, 0) is 25.5 Å². The lowest BCUT2D eigenvalue weighted by atomic mass is 10.1. The van der Waals surface area contributed by atoms with Crippen LogP contribution in [-0.4, -0.2) is 23.3 Å². The molecule has 1 N–H and O–H groups in total. The van der Waals surface area contributed by atoms with Crippen molar-refractivity contribution in [1.82, 2.24) is 0 Å². The van der Waals surface area contributed by atoms with Gasteiger partial charge in [0.05, 0.1) is 11.7 Å². The van der Waals surface area contributed by atoms with Crippen LogP contribution in [0.15, 0.2) is 43.0 Å². The van der Waals surface area contributed by atoms with E-state index in [-0.39, 0.29) is 0 Å². The molecule has 3 heteroatoms. The van der Waals surface area contributed by atoms with E-state index in [0.717, 1.165) is 0 Å². The van der Waals surface area contributed by atoms with E-state index < -0.39 is 18.2 Å². The van der Waals surface area contributed by atoms with Crippen LogP contribution in [0.4, 0.5) is 0 Å². The van der Waals surface area contributed by atoms with Gasteiger partial charge in [0.1, 0.15) is 6.10 Å². The van der Waals surface area contributed by atoms with E-state index in [0.29, 0.717) is 12.0 Å². The van der Waals surface area contributed by atoms with Crippen molar-refractivity contribution < 1.29 is 14.6 Å². The minimum absolute atomic E-state index is 0.406. The molecule has 1 rings (SSSR count). The number of aliphatic hydroxyl groups excluding tert-OH is 1. The Kier molecular flexibility index (Phi) is 4.73. The Bertz CT molecular complexity index is 345. The lowest BCUT2D eigenvalue weighted by Crippen LogP contribution is -2.28. The molecule has 1 aromatic rings. The van der Waals surface area contributed by atoms with Crippen LogP contribution in [-0.2, 0) is 4.74 Å². The number of esters is 1. The molecule has 0 fully saturated rings. The lowest BCUT2D eigenvalue weighted by Gasteiger charge is -2.18. The van der Waals surface area contributed by atoms with E-state index in [2.05, 4.69) is 6.58 Å². The van der Waals surface area contributed by atoms with E-state index >= 15 is 0 Å². The quantitative estimate of drug-likeness (QED) is 0.611. The maximum atomic E-state index is 11.6. The van der Waals surface area contributed by atoms with Crippen molar-refractivity contribution in [2.24, 2.45) is 0 Å². The third kappa shape index (κ3) is 3.51. The Labute approximate surface area is 95.4 Å². The van der Waals surface area contributed by atoms with E-state index in [1.165, 1.54) is 0 Å². The van der Waals surface area contributed by atoms with Crippen LogP contribution in [0.25, 0.3) is 0 Å². The van der Waals surface area contributed by atoms with Crippen molar-refractivity contribution in [2.45, 2.75) is 25.6 Å². The normalized spacial score (nSPS) is 13.9. The Morgan fingerprint density at radius 2 is 2.12 bits per heavy atom. The van der Waals surface area contributed by atoms with Gasteiger partial charge in [-0.1, -0.05) is 24.3 Å². The van der Waals surface area contributed by atoms with Crippen LogP contribution in [0.1, 0.15) is 23.7 Å². The van der Waals surface area contributed by atoms with E-state index in [1.807, 2.05) is 6.07 Å². The molecule has 86 valence electrons. The summed E-state index contributed by atoms with van der Waals surface area (Å²) in [6.45, 7) is 5.18. The molecule has 0 spiro atoms. The average molecular weight is 220 g/mol. The highest BCUT2D eigenvalue weighted by molar-refractivity contribution is 5.89. The maximum absolute atomic E-state index is 11.6. The standard InChI is InChI=1S/C13H16O3/c1-3-7-12(14)10(2)16-13(15)11-8-5-4-6-9-11/h3-6,8-10,12,14H,1,7H2,2H3/t10-,12-/m0/s1. The Morgan fingerprint density at radius 1 is 1.50 bits per heavy atom. The highest BCUT2D eigenvalue weighted by atomic mass is 16.6. The zero-order chi connectivity index (χ0) is 12.0. The first-order chi connectivity index (χ1) is 7.65. The zero-order valence-corrected chi connectivity index (χ0v) is 9.30. The predicted octanol–water partition coefficient (Wildman–Crippen LogP) is 2.17. The van der Waals surface area contributed by atoms with Crippen molar-refractivity contribution in [3.8, 4) is 0 Å². The first kappa shape index (κ1) is 12.5. The molecule has 0 bridgehead atoms. The number of ether oxygens (including phenoxy) is 1. The molecule has 16 heavy (non-hydrogen) atoms. The summed E-state index contributed by atoms with van der Waals surface area (Å²) >= 11 is 0. The highest BCUT2D eigenvalue weighted by Crippen LogP contribution is 2.08. The number of hydrogen-bond donors (Lipinski definition) is 1. The molecule has 1 aromatic carbocycles. The molecular weight excluding hydrogens is 204 g/mol. The molecule has 3 nitrogen and oxygen atoms in total. The van der Waals surface area contributed by atoms with Crippen molar-refractivity contribution in [2.75, 3.05) is 0 Å². The third-order valence-electron chi connectivity index (χ3n) is 2.25. The van der Waals surface area contributed by atoms with E-state index in [1.54, 1.807) is 37.3 Å². The lowest BCUT2D eigenvalue weighted by molar-refractivity contribution is -0.00951. The third-order valence-corrected chi connectivity index (χ3v) is 2.25. The van der Waals surface area contributed by atoms with Gasteiger partial charge in [-0.25, -0.2) is 4.79 Å². The largest absolute Gasteiger partial charge is 0.456 e. The van der Waals surface area contributed by atoms with Gasteiger partial charge in [0, 0.05) is 0 Å². The molecule has 0 aliphatic carbocycles. The summed E-state index contributed by atoms with van der Waals surface area (Å²) in [5.74, 6) is -0.420.